The highest BCUT2D eigenvalue weighted by molar-refractivity contribution is 6.30. The highest BCUT2D eigenvalue weighted by Crippen LogP contribution is 2.23. The van der Waals surface area contributed by atoms with Crippen molar-refractivity contribution in [3.8, 4) is 0 Å². The van der Waals surface area contributed by atoms with E-state index >= 15 is 0 Å². The van der Waals surface area contributed by atoms with E-state index in [1.807, 2.05) is 0 Å². The maximum atomic E-state index is 14.1. The number of rotatable bonds is 8. The van der Waals surface area contributed by atoms with Crippen LogP contribution in [0.25, 0.3) is 0 Å². The fourth-order valence-corrected chi connectivity index (χ4v) is 3.98. The maximum absolute atomic E-state index is 14.1. The first-order valence-electron chi connectivity index (χ1n) is 10.8. The molecule has 0 spiro atoms. The molecule has 176 valence electrons. The second kappa shape index (κ2) is 11.8. The van der Waals surface area contributed by atoms with Crippen molar-refractivity contribution < 1.29 is 23.5 Å². The minimum atomic E-state index is -0.859. The zero-order chi connectivity index (χ0) is 23.8. The third kappa shape index (κ3) is 6.52. The number of amides is 3. The van der Waals surface area contributed by atoms with Gasteiger partial charge in [-0.15, -0.1) is 0 Å². The number of carbonyl (C=O) groups excluding carboxylic acids is 3. The normalized spacial score (nSPS) is 15.1. The monoisotopic (exact) mass is 475 g/mol. The molecule has 0 radical (unpaired) electrons. The number of ether oxygens (including phenoxy) is 1. The van der Waals surface area contributed by atoms with Gasteiger partial charge in [-0.3, -0.25) is 14.4 Å². The third-order valence-corrected chi connectivity index (χ3v) is 5.93. The second-order valence-electron chi connectivity index (χ2n) is 7.85. The van der Waals surface area contributed by atoms with Crippen LogP contribution in [0.2, 0.25) is 5.02 Å². The maximum Gasteiger partial charge on any atom is 0.254 e. The molecule has 0 aromatic heterocycles. The molecular formula is C24H27ClFN3O4. The molecule has 2 aromatic rings. The SMILES string of the molecule is COCCNC(=O)[C@H](NC(=O)c1ccccc1F)C1CCN(C(=O)c2ccc(Cl)cc2)CC1. The van der Waals surface area contributed by atoms with Gasteiger partial charge >= 0.3 is 0 Å². The molecule has 2 aromatic carbocycles. The summed E-state index contributed by atoms with van der Waals surface area (Å²) in [5, 5.41) is 6.01. The Balaban J connectivity index is 1.68. The Labute approximate surface area is 197 Å². The fourth-order valence-electron chi connectivity index (χ4n) is 3.86. The number of nitrogens with one attached hydrogen (secondary N) is 2. The highest BCUT2D eigenvalue weighted by Gasteiger charge is 2.34. The summed E-state index contributed by atoms with van der Waals surface area (Å²) >= 11 is 5.90. The van der Waals surface area contributed by atoms with Gasteiger partial charge in [0.05, 0.1) is 12.2 Å². The van der Waals surface area contributed by atoms with Gasteiger partial charge in [0.25, 0.3) is 11.8 Å². The standard InChI is InChI=1S/C24H27ClFN3O4/c1-33-15-12-27-23(31)21(28-22(30)19-4-2-3-5-20(19)26)16-10-13-29(14-11-16)24(32)17-6-8-18(25)9-7-17/h2-9,16,21H,10-15H2,1H3,(H,27,31)(H,28,30)/t21-/m1/s1. The average molecular weight is 476 g/mol. The van der Waals surface area contributed by atoms with E-state index in [0.29, 0.717) is 43.1 Å². The van der Waals surface area contributed by atoms with Crippen molar-refractivity contribution in [2.24, 2.45) is 5.92 Å². The van der Waals surface area contributed by atoms with Gasteiger partial charge in [0.15, 0.2) is 0 Å². The van der Waals surface area contributed by atoms with Gasteiger partial charge in [-0.2, -0.15) is 0 Å². The number of piperidine rings is 1. The molecule has 9 heteroatoms. The van der Waals surface area contributed by atoms with E-state index in [2.05, 4.69) is 10.6 Å². The minimum Gasteiger partial charge on any atom is -0.383 e. The van der Waals surface area contributed by atoms with Crippen LogP contribution in [0.5, 0.6) is 0 Å². The van der Waals surface area contributed by atoms with Crippen molar-refractivity contribution in [2.45, 2.75) is 18.9 Å². The number of carbonyl (C=O) groups is 3. The Kier molecular flexibility index (Phi) is 8.79. The van der Waals surface area contributed by atoms with Crippen LogP contribution in [-0.2, 0) is 9.53 Å². The predicted octanol–water partition coefficient (Wildman–Crippen LogP) is 2.89. The Morgan fingerprint density at radius 2 is 1.79 bits per heavy atom. The topological polar surface area (TPSA) is 87.7 Å². The number of methoxy groups -OCH3 is 1. The largest absolute Gasteiger partial charge is 0.383 e. The molecule has 3 amide bonds. The van der Waals surface area contributed by atoms with E-state index in [9.17, 15) is 18.8 Å². The second-order valence-corrected chi connectivity index (χ2v) is 8.29. The zero-order valence-electron chi connectivity index (χ0n) is 18.4. The van der Waals surface area contributed by atoms with Crippen LogP contribution in [0, 0.1) is 11.7 Å². The predicted molar refractivity (Wildman–Crippen MR) is 123 cm³/mol. The first-order chi connectivity index (χ1) is 15.9. The lowest BCUT2D eigenvalue weighted by molar-refractivity contribution is -0.124. The van der Waals surface area contributed by atoms with Crippen LogP contribution in [0.4, 0.5) is 4.39 Å². The molecule has 1 fully saturated rings. The molecule has 0 aliphatic carbocycles. The lowest BCUT2D eigenvalue weighted by Gasteiger charge is -2.36. The Bertz CT molecular complexity index is 978. The van der Waals surface area contributed by atoms with Gasteiger partial charge in [-0.1, -0.05) is 23.7 Å². The van der Waals surface area contributed by atoms with Gasteiger partial charge < -0.3 is 20.3 Å². The van der Waals surface area contributed by atoms with Crippen molar-refractivity contribution in [1.29, 1.82) is 0 Å². The number of likely N-dealkylation sites (tertiary alicyclic amines) is 1. The molecule has 3 rings (SSSR count). The van der Waals surface area contributed by atoms with E-state index in [4.69, 9.17) is 16.3 Å². The summed E-state index contributed by atoms with van der Waals surface area (Å²) in [5.74, 6) is -1.99. The zero-order valence-corrected chi connectivity index (χ0v) is 19.1. The Morgan fingerprint density at radius 3 is 2.42 bits per heavy atom. The van der Waals surface area contributed by atoms with Crippen molar-refractivity contribution in [1.82, 2.24) is 15.5 Å². The van der Waals surface area contributed by atoms with Gasteiger partial charge in [0, 0.05) is 37.3 Å². The molecule has 1 aliphatic heterocycles. The lowest BCUT2D eigenvalue weighted by Crippen LogP contribution is -2.54. The van der Waals surface area contributed by atoms with Gasteiger partial charge in [0.1, 0.15) is 11.9 Å². The van der Waals surface area contributed by atoms with E-state index in [-0.39, 0.29) is 29.8 Å². The number of hydrogen-bond donors (Lipinski definition) is 2. The van der Waals surface area contributed by atoms with E-state index in [0.717, 1.165) is 0 Å². The molecule has 1 atom stereocenters. The van der Waals surface area contributed by atoms with Crippen molar-refractivity contribution >= 4 is 29.3 Å². The third-order valence-electron chi connectivity index (χ3n) is 5.68. The van der Waals surface area contributed by atoms with Crippen LogP contribution < -0.4 is 10.6 Å². The van der Waals surface area contributed by atoms with Crippen LogP contribution >= 0.6 is 11.6 Å². The molecule has 1 aliphatic rings. The summed E-state index contributed by atoms with van der Waals surface area (Å²) in [4.78, 5) is 40.1. The smallest absolute Gasteiger partial charge is 0.254 e. The highest BCUT2D eigenvalue weighted by atomic mass is 35.5. The molecule has 1 saturated heterocycles. The average Bonchev–Trinajstić information content (AvgIpc) is 2.83. The number of halogens is 2. The molecule has 2 N–H and O–H groups in total. The van der Waals surface area contributed by atoms with Gasteiger partial charge in [-0.25, -0.2) is 4.39 Å². The molecule has 0 unspecified atom stereocenters. The molecule has 0 saturated carbocycles. The van der Waals surface area contributed by atoms with Crippen LogP contribution in [-0.4, -0.2) is 62.0 Å². The summed E-state index contributed by atoms with van der Waals surface area (Å²) in [6.45, 7) is 1.48. The number of hydrogen-bond acceptors (Lipinski definition) is 4. The van der Waals surface area contributed by atoms with E-state index in [1.54, 1.807) is 35.2 Å². The molecule has 33 heavy (non-hydrogen) atoms. The van der Waals surface area contributed by atoms with Gasteiger partial charge in [0.2, 0.25) is 5.91 Å². The summed E-state index contributed by atoms with van der Waals surface area (Å²) < 4.78 is 19.0. The fraction of sp³-hybridized carbons (Fsp3) is 0.375. The van der Waals surface area contributed by atoms with E-state index in [1.165, 1.54) is 25.3 Å². The molecule has 1 heterocycles. The first kappa shape index (κ1) is 24.7. The Morgan fingerprint density at radius 1 is 1.12 bits per heavy atom. The summed E-state index contributed by atoms with van der Waals surface area (Å²) in [6, 6.07) is 11.5. The number of nitrogens with zero attached hydrogens (tertiary/aromatic N) is 1. The summed E-state index contributed by atoms with van der Waals surface area (Å²) in [6.07, 6.45) is 1.03. The van der Waals surface area contributed by atoms with Crippen molar-refractivity contribution in [3.05, 3.63) is 70.5 Å². The molecular weight excluding hydrogens is 449 g/mol. The quantitative estimate of drug-likeness (QED) is 0.575. The van der Waals surface area contributed by atoms with Gasteiger partial charge in [-0.05, 0) is 55.2 Å². The summed E-state index contributed by atoms with van der Waals surface area (Å²) in [7, 11) is 1.52. The van der Waals surface area contributed by atoms with Crippen LogP contribution in [0.1, 0.15) is 33.6 Å². The number of benzene rings is 2. The molecule has 0 bridgehead atoms. The van der Waals surface area contributed by atoms with Crippen molar-refractivity contribution in [3.63, 3.8) is 0 Å². The lowest BCUT2D eigenvalue weighted by atomic mass is 9.88. The van der Waals surface area contributed by atoms with Crippen molar-refractivity contribution in [2.75, 3.05) is 33.4 Å². The van der Waals surface area contributed by atoms with E-state index < -0.39 is 17.8 Å². The van der Waals surface area contributed by atoms with Crippen LogP contribution in [0.3, 0.4) is 0 Å². The first-order valence-corrected chi connectivity index (χ1v) is 11.2. The molecule has 7 nitrogen and oxygen atoms in total. The summed E-state index contributed by atoms with van der Waals surface area (Å²) in [5.41, 5.74) is 0.419. The van der Waals surface area contributed by atoms with Crippen LogP contribution in [0.15, 0.2) is 48.5 Å². The minimum absolute atomic E-state index is 0.110. The Hall–Kier alpha value is -2.97.